The number of carboxylic acids is 1. The van der Waals surface area contributed by atoms with Gasteiger partial charge in [0, 0.05) is 22.6 Å². The first kappa shape index (κ1) is 19.4. The highest BCUT2D eigenvalue weighted by atomic mass is 19.1. The van der Waals surface area contributed by atoms with Crippen molar-refractivity contribution in [3.8, 4) is 0 Å². The molecular weight excluding hydrogens is 355 g/mol. The highest BCUT2D eigenvalue weighted by Crippen LogP contribution is 2.36. The number of aliphatic carboxylic acids is 1. The quantitative estimate of drug-likeness (QED) is 0.747. The van der Waals surface area contributed by atoms with Gasteiger partial charge in [-0.05, 0) is 74.8 Å². The molecule has 0 radical (unpaired) electrons. The molecule has 0 spiro atoms. The van der Waals surface area contributed by atoms with Crippen molar-refractivity contribution in [3.63, 3.8) is 0 Å². The summed E-state index contributed by atoms with van der Waals surface area (Å²) >= 11 is 0. The predicted octanol–water partition coefficient (Wildman–Crippen LogP) is 4.84. The van der Waals surface area contributed by atoms with Crippen molar-refractivity contribution in [1.82, 2.24) is 9.88 Å². The Balaban J connectivity index is 1.62. The molecule has 0 amide bonds. The molecule has 2 atom stereocenters. The summed E-state index contributed by atoms with van der Waals surface area (Å²) in [5.41, 5.74) is 3.08. The van der Waals surface area contributed by atoms with Crippen LogP contribution in [0.3, 0.4) is 0 Å². The van der Waals surface area contributed by atoms with Gasteiger partial charge in [-0.25, -0.2) is 9.18 Å². The van der Waals surface area contributed by atoms with E-state index in [2.05, 4.69) is 5.32 Å². The Bertz CT molecular complexity index is 854. The Kier molecular flexibility index (Phi) is 5.72. The van der Waals surface area contributed by atoms with Crippen LogP contribution >= 0.6 is 0 Å². The van der Waals surface area contributed by atoms with Gasteiger partial charge in [0.1, 0.15) is 11.9 Å². The van der Waals surface area contributed by atoms with Crippen molar-refractivity contribution < 1.29 is 14.3 Å². The summed E-state index contributed by atoms with van der Waals surface area (Å²) in [6.07, 6.45) is 9.95. The molecule has 1 aromatic heterocycles. The third-order valence-corrected chi connectivity index (χ3v) is 6.77. The molecule has 1 unspecified atom stereocenters. The molecule has 2 aromatic rings. The van der Waals surface area contributed by atoms with Gasteiger partial charge in [0.15, 0.2) is 0 Å². The van der Waals surface area contributed by atoms with Crippen LogP contribution in [0.1, 0.15) is 69.2 Å². The summed E-state index contributed by atoms with van der Waals surface area (Å²) in [7, 11) is 0. The zero-order valence-corrected chi connectivity index (χ0v) is 16.7. The van der Waals surface area contributed by atoms with Crippen molar-refractivity contribution >= 4 is 16.9 Å². The van der Waals surface area contributed by atoms with Gasteiger partial charge in [0.2, 0.25) is 0 Å². The van der Waals surface area contributed by atoms with E-state index in [1.165, 1.54) is 38.2 Å². The fourth-order valence-corrected chi connectivity index (χ4v) is 5.29. The van der Waals surface area contributed by atoms with E-state index in [0.717, 1.165) is 53.9 Å². The molecule has 152 valence electrons. The van der Waals surface area contributed by atoms with Crippen LogP contribution in [-0.4, -0.2) is 28.2 Å². The molecule has 5 heteroatoms. The van der Waals surface area contributed by atoms with E-state index in [9.17, 15) is 14.3 Å². The number of hydrogen-bond acceptors (Lipinski definition) is 2. The van der Waals surface area contributed by atoms with E-state index >= 15 is 0 Å². The van der Waals surface area contributed by atoms with E-state index in [4.69, 9.17) is 0 Å². The number of rotatable bonds is 6. The second kappa shape index (κ2) is 8.24. The largest absolute Gasteiger partial charge is 0.480 e. The van der Waals surface area contributed by atoms with Gasteiger partial charge in [0.25, 0.3) is 0 Å². The summed E-state index contributed by atoms with van der Waals surface area (Å²) < 4.78 is 16.0. The minimum absolute atomic E-state index is 0.256. The molecule has 0 saturated heterocycles. The minimum atomic E-state index is -0.816. The second-order valence-electron chi connectivity index (χ2n) is 8.57. The van der Waals surface area contributed by atoms with E-state index < -0.39 is 12.0 Å². The zero-order chi connectivity index (χ0) is 19.7. The molecule has 1 fully saturated rings. The Morgan fingerprint density at radius 1 is 1.29 bits per heavy atom. The van der Waals surface area contributed by atoms with Crippen LogP contribution in [0.4, 0.5) is 4.39 Å². The number of nitrogens with one attached hydrogen (secondary N) is 1. The molecule has 2 aliphatic carbocycles. The number of fused-ring (bicyclic) bond motifs is 3. The standard InChI is InChI=1S/C23H31FN2O2/c1-2-20(23(27)28)26-21-10-8-16(24)12-18(21)19-13-17(9-11-22(19)26)25-14-15-6-4-3-5-7-15/h8,10,12,15,17,20,25H,2-7,9,11,13-14H2,1H3,(H,27,28)/t17-,20?/m0/s1. The number of aromatic nitrogens is 1. The van der Waals surface area contributed by atoms with Crippen LogP contribution in [0.5, 0.6) is 0 Å². The van der Waals surface area contributed by atoms with Crippen LogP contribution < -0.4 is 5.32 Å². The molecule has 4 rings (SSSR count). The van der Waals surface area contributed by atoms with Crippen molar-refractivity contribution in [3.05, 3.63) is 35.3 Å². The number of carbonyl (C=O) groups is 1. The van der Waals surface area contributed by atoms with E-state index in [-0.39, 0.29) is 5.82 Å². The van der Waals surface area contributed by atoms with Crippen LogP contribution in [0, 0.1) is 11.7 Å². The number of carboxylic acid groups (broad SMARTS) is 1. The highest BCUT2D eigenvalue weighted by molar-refractivity contribution is 5.88. The maximum atomic E-state index is 14.0. The first-order valence-corrected chi connectivity index (χ1v) is 10.9. The molecule has 1 aromatic carbocycles. The SMILES string of the molecule is CCC(C(=O)O)n1c2c(c3cc(F)ccc31)C[C@@H](NCC1CCCCC1)CC2. The van der Waals surface area contributed by atoms with Crippen LogP contribution in [0.2, 0.25) is 0 Å². The lowest BCUT2D eigenvalue weighted by Gasteiger charge is -2.29. The number of halogens is 1. The Morgan fingerprint density at radius 3 is 2.79 bits per heavy atom. The normalized spacial score (nSPS) is 21.6. The molecule has 1 heterocycles. The smallest absolute Gasteiger partial charge is 0.326 e. The average Bonchev–Trinajstić information content (AvgIpc) is 3.01. The van der Waals surface area contributed by atoms with Crippen LogP contribution in [0.25, 0.3) is 10.9 Å². The molecule has 0 bridgehead atoms. The maximum Gasteiger partial charge on any atom is 0.326 e. The Morgan fingerprint density at radius 2 is 2.07 bits per heavy atom. The molecule has 0 aliphatic heterocycles. The summed E-state index contributed by atoms with van der Waals surface area (Å²) in [5.74, 6) is -0.289. The van der Waals surface area contributed by atoms with E-state index in [1.54, 1.807) is 12.1 Å². The van der Waals surface area contributed by atoms with Gasteiger partial charge < -0.3 is 15.0 Å². The van der Waals surface area contributed by atoms with Gasteiger partial charge >= 0.3 is 5.97 Å². The van der Waals surface area contributed by atoms with Crippen LogP contribution in [0.15, 0.2) is 18.2 Å². The third-order valence-electron chi connectivity index (χ3n) is 6.77. The Hall–Kier alpha value is -1.88. The van der Waals surface area contributed by atoms with E-state index in [0.29, 0.717) is 12.5 Å². The molecule has 1 saturated carbocycles. The van der Waals surface area contributed by atoms with Gasteiger partial charge in [-0.3, -0.25) is 0 Å². The summed E-state index contributed by atoms with van der Waals surface area (Å²) in [6, 6.07) is 4.57. The summed E-state index contributed by atoms with van der Waals surface area (Å²) in [4.78, 5) is 11.9. The van der Waals surface area contributed by atoms with Crippen molar-refractivity contribution in [1.29, 1.82) is 0 Å². The lowest BCUT2D eigenvalue weighted by atomic mass is 9.87. The van der Waals surface area contributed by atoms with Gasteiger partial charge in [-0.2, -0.15) is 0 Å². The van der Waals surface area contributed by atoms with Gasteiger partial charge in [-0.1, -0.05) is 26.2 Å². The molecule has 28 heavy (non-hydrogen) atoms. The van der Waals surface area contributed by atoms with Crippen LogP contribution in [-0.2, 0) is 17.6 Å². The topological polar surface area (TPSA) is 54.3 Å². The minimum Gasteiger partial charge on any atom is -0.480 e. The maximum absolute atomic E-state index is 14.0. The van der Waals surface area contributed by atoms with Gasteiger partial charge in [-0.15, -0.1) is 0 Å². The number of nitrogens with zero attached hydrogens (tertiary/aromatic N) is 1. The Labute approximate surface area is 166 Å². The van der Waals surface area contributed by atoms with E-state index in [1.807, 2.05) is 11.5 Å². The monoisotopic (exact) mass is 386 g/mol. The highest BCUT2D eigenvalue weighted by Gasteiger charge is 2.30. The lowest BCUT2D eigenvalue weighted by molar-refractivity contribution is -0.140. The predicted molar refractivity (Wildman–Crippen MR) is 109 cm³/mol. The second-order valence-corrected chi connectivity index (χ2v) is 8.57. The molecule has 2 aliphatic rings. The summed E-state index contributed by atoms with van der Waals surface area (Å²) in [5, 5.41) is 14.4. The summed E-state index contributed by atoms with van der Waals surface area (Å²) in [6.45, 7) is 2.97. The number of benzene rings is 1. The zero-order valence-electron chi connectivity index (χ0n) is 16.7. The van der Waals surface area contributed by atoms with Gasteiger partial charge in [0.05, 0.1) is 0 Å². The first-order chi connectivity index (χ1) is 13.6. The third kappa shape index (κ3) is 3.69. The molecule has 2 N–H and O–H groups in total. The fourth-order valence-electron chi connectivity index (χ4n) is 5.29. The van der Waals surface area contributed by atoms with Crippen molar-refractivity contribution in [2.45, 2.75) is 76.8 Å². The average molecular weight is 387 g/mol. The molecule has 4 nitrogen and oxygen atoms in total. The van der Waals surface area contributed by atoms with Crippen molar-refractivity contribution in [2.75, 3.05) is 6.54 Å². The lowest BCUT2D eigenvalue weighted by Crippen LogP contribution is -2.38. The first-order valence-electron chi connectivity index (χ1n) is 10.9. The van der Waals surface area contributed by atoms with Crippen molar-refractivity contribution in [2.24, 2.45) is 5.92 Å². The number of hydrogen-bond donors (Lipinski definition) is 2. The molecular formula is C23H31FN2O2. The fraction of sp³-hybridized carbons (Fsp3) is 0.609.